The van der Waals surface area contributed by atoms with Gasteiger partial charge in [-0.15, -0.1) is 10.2 Å². The lowest BCUT2D eigenvalue weighted by Gasteiger charge is -2.27. The van der Waals surface area contributed by atoms with Crippen molar-refractivity contribution in [1.29, 1.82) is 0 Å². The Morgan fingerprint density at radius 3 is 1.86 bits per heavy atom. The first kappa shape index (κ1) is 28.6. The second-order valence-electron chi connectivity index (χ2n) is 11.9. The Morgan fingerprint density at radius 2 is 1.24 bits per heavy atom. The van der Waals surface area contributed by atoms with Crippen LogP contribution in [0.15, 0.2) is 24.3 Å². The van der Waals surface area contributed by atoms with Gasteiger partial charge in [-0.25, -0.2) is 0 Å². The molecule has 0 bridgehead atoms. The van der Waals surface area contributed by atoms with Crippen molar-refractivity contribution in [3.8, 4) is 16.3 Å². The molecule has 2 saturated carbocycles. The summed E-state index contributed by atoms with van der Waals surface area (Å²) in [5.74, 6) is 3.65. The average molecular weight is 525 g/mol. The van der Waals surface area contributed by atoms with Crippen molar-refractivity contribution in [3.05, 3.63) is 29.3 Å². The van der Waals surface area contributed by atoms with Gasteiger partial charge in [-0.2, -0.15) is 0 Å². The van der Waals surface area contributed by atoms with Crippen molar-refractivity contribution in [3.63, 3.8) is 0 Å². The van der Waals surface area contributed by atoms with Crippen LogP contribution in [0, 0.1) is 11.8 Å². The van der Waals surface area contributed by atoms with E-state index in [0.717, 1.165) is 41.2 Å². The van der Waals surface area contributed by atoms with Crippen molar-refractivity contribution < 1.29 is 4.74 Å². The summed E-state index contributed by atoms with van der Waals surface area (Å²) in [5.41, 5.74) is 1.16. The first-order valence-electron chi connectivity index (χ1n) is 15.9. The molecule has 2 aliphatic carbocycles. The van der Waals surface area contributed by atoms with E-state index in [-0.39, 0.29) is 0 Å². The van der Waals surface area contributed by atoms with E-state index >= 15 is 0 Å². The Labute approximate surface area is 231 Å². The number of ether oxygens (including phenoxy) is 1. The van der Waals surface area contributed by atoms with Crippen molar-refractivity contribution in [2.24, 2.45) is 11.8 Å². The Kier molecular flexibility index (Phi) is 12.8. The average Bonchev–Trinajstić information content (AvgIpc) is 3.63. The van der Waals surface area contributed by atoms with Crippen LogP contribution in [-0.2, 0) is 0 Å². The Hall–Kier alpha value is -1.42. The highest BCUT2D eigenvalue weighted by molar-refractivity contribution is 7.14. The quantitative estimate of drug-likeness (QED) is 0.171. The molecule has 0 saturated heterocycles. The van der Waals surface area contributed by atoms with Crippen molar-refractivity contribution in [2.75, 3.05) is 6.61 Å². The predicted octanol–water partition coefficient (Wildman–Crippen LogP) is 10.7. The summed E-state index contributed by atoms with van der Waals surface area (Å²) in [7, 11) is 0. The van der Waals surface area contributed by atoms with Gasteiger partial charge in [-0.1, -0.05) is 115 Å². The molecule has 0 amide bonds. The van der Waals surface area contributed by atoms with Gasteiger partial charge in [0.1, 0.15) is 15.8 Å². The summed E-state index contributed by atoms with van der Waals surface area (Å²) in [5, 5.41) is 11.4. The van der Waals surface area contributed by atoms with Crippen molar-refractivity contribution in [2.45, 2.75) is 141 Å². The summed E-state index contributed by atoms with van der Waals surface area (Å²) in [4.78, 5) is 0. The molecule has 0 unspecified atom stereocenters. The standard InChI is InChI=1S/C33H52N2OS/c1-2-3-11-14-28-18-20-29(21-19-28)32-34-35-33(37-32)30-22-24-31(25-23-30)36-26-13-10-8-6-4-5-7-9-12-15-27-16-17-27/h22-25,27-29H,2-21,26H2,1H3. The number of rotatable bonds is 19. The van der Waals surface area contributed by atoms with Crippen LogP contribution >= 0.6 is 11.3 Å². The van der Waals surface area contributed by atoms with Crippen LogP contribution in [-0.4, -0.2) is 16.8 Å². The van der Waals surface area contributed by atoms with E-state index in [9.17, 15) is 0 Å². The maximum absolute atomic E-state index is 6.01. The number of hydrogen-bond acceptors (Lipinski definition) is 4. The molecule has 1 aromatic carbocycles. The molecule has 1 heterocycles. The fourth-order valence-corrected chi connectivity index (χ4v) is 6.98. The largest absolute Gasteiger partial charge is 0.494 e. The molecular weight excluding hydrogens is 472 g/mol. The molecule has 0 spiro atoms. The summed E-state index contributed by atoms with van der Waals surface area (Å²) >= 11 is 1.80. The second kappa shape index (κ2) is 16.5. The van der Waals surface area contributed by atoms with Gasteiger partial charge < -0.3 is 4.74 Å². The fourth-order valence-electron chi connectivity index (χ4n) is 5.96. The number of benzene rings is 1. The highest BCUT2D eigenvalue weighted by atomic mass is 32.1. The maximum Gasteiger partial charge on any atom is 0.147 e. The van der Waals surface area contributed by atoms with E-state index in [1.165, 1.54) is 127 Å². The molecule has 4 rings (SSSR count). The van der Waals surface area contributed by atoms with E-state index in [2.05, 4.69) is 41.4 Å². The van der Waals surface area contributed by atoms with E-state index in [4.69, 9.17) is 4.74 Å². The lowest BCUT2D eigenvalue weighted by molar-refractivity contribution is 0.302. The summed E-state index contributed by atoms with van der Waals surface area (Å²) in [6, 6.07) is 8.49. The molecule has 0 radical (unpaired) electrons. The lowest BCUT2D eigenvalue weighted by Crippen LogP contribution is -2.13. The van der Waals surface area contributed by atoms with Gasteiger partial charge in [0.25, 0.3) is 0 Å². The third kappa shape index (κ3) is 10.7. The van der Waals surface area contributed by atoms with Crippen molar-refractivity contribution >= 4 is 11.3 Å². The van der Waals surface area contributed by atoms with Gasteiger partial charge in [0.05, 0.1) is 6.61 Å². The molecule has 1 aromatic heterocycles. The third-order valence-electron chi connectivity index (χ3n) is 8.68. The number of hydrogen-bond donors (Lipinski definition) is 0. The monoisotopic (exact) mass is 524 g/mol. The van der Waals surface area contributed by atoms with E-state index in [0.29, 0.717) is 5.92 Å². The Morgan fingerprint density at radius 1 is 0.676 bits per heavy atom. The van der Waals surface area contributed by atoms with Crippen LogP contribution in [0.1, 0.15) is 146 Å². The zero-order chi connectivity index (χ0) is 25.5. The molecule has 0 N–H and O–H groups in total. The summed E-state index contributed by atoms with van der Waals surface area (Å²) < 4.78 is 6.01. The molecule has 2 fully saturated rings. The number of unbranched alkanes of at least 4 members (excludes halogenated alkanes) is 10. The highest BCUT2D eigenvalue weighted by Gasteiger charge is 2.25. The zero-order valence-corrected chi connectivity index (χ0v) is 24.4. The lowest BCUT2D eigenvalue weighted by atomic mass is 9.80. The van der Waals surface area contributed by atoms with Crippen LogP contribution in [0.25, 0.3) is 10.6 Å². The molecular formula is C33H52N2OS. The molecule has 37 heavy (non-hydrogen) atoms. The molecule has 2 aromatic rings. The van der Waals surface area contributed by atoms with Crippen LogP contribution in [0.5, 0.6) is 5.75 Å². The van der Waals surface area contributed by atoms with Crippen LogP contribution in [0.2, 0.25) is 0 Å². The Bertz CT molecular complexity index is 851. The molecule has 3 nitrogen and oxygen atoms in total. The topological polar surface area (TPSA) is 35.0 Å². The minimum atomic E-state index is 0.619. The first-order valence-corrected chi connectivity index (χ1v) is 16.7. The van der Waals surface area contributed by atoms with E-state index in [1.807, 2.05) is 0 Å². The molecule has 0 aliphatic heterocycles. The van der Waals surface area contributed by atoms with Gasteiger partial charge in [-0.3, -0.25) is 0 Å². The van der Waals surface area contributed by atoms with Gasteiger partial charge in [0.2, 0.25) is 0 Å². The fraction of sp³-hybridized carbons (Fsp3) is 0.758. The minimum Gasteiger partial charge on any atom is -0.494 e. The maximum atomic E-state index is 6.01. The van der Waals surface area contributed by atoms with E-state index < -0.39 is 0 Å². The smallest absolute Gasteiger partial charge is 0.147 e. The van der Waals surface area contributed by atoms with Crippen molar-refractivity contribution in [1.82, 2.24) is 10.2 Å². The summed E-state index contributed by atoms with van der Waals surface area (Å²) in [6.45, 7) is 3.12. The molecule has 4 heteroatoms. The Balaban J connectivity index is 1.05. The zero-order valence-electron chi connectivity index (χ0n) is 23.6. The van der Waals surface area contributed by atoms with Crippen LogP contribution in [0.3, 0.4) is 0 Å². The summed E-state index contributed by atoms with van der Waals surface area (Å²) in [6.07, 6.45) is 27.8. The van der Waals surface area contributed by atoms with Gasteiger partial charge in [0.15, 0.2) is 0 Å². The predicted molar refractivity (Wildman–Crippen MR) is 159 cm³/mol. The molecule has 2 aliphatic rings. The normalized spacial score (nSPS) is 19.8. The second-order valence-corrected chi connectivity index (χ2v) is 13.0. The number of nitrogens with zero attached hydrogens (tertiary/aromatic N) is 2. The SMILES string of the molecule is CCCCCC1CCC(c2nnc(-c3ccc(OCCCCCCCCCCCC4CC4)cc3)s2)CC1. The van der Waals surface area contributed by atoms with Crippen LogP contribution in [0.4, 0.5) is 0 Å². The third-order valence-corrected chi connectivity index (χ3v) is 9.81. The van der Waals surface area contributed by atoms with Gasteiger partial charge in [-0.05, 0) is 68.2 Å². The number of aromatic nitrogens is 2. The van der Waals surface area contributed by atoms with Crippen LogP contribution < -0.4 is 4.74 Å². The highest BCUT2D eigenvalue weighted by Crippen LogP contribution is 2.40. The first-order chi connectivity index (χ1) is 18.3. The van der Waals surface area contributed by atoms with E-state index in [1.54, 1.807) is 11.3 Å². The molecule has 206 valence electrons. The minimum absolute atomic E-state index is 0.619. The van der Waals surface area contributed by atoms with Gasteiger partial charge >= 0.3 is 0 Å². The van der Waals surface area contributed by atoms with Gasteiger partial charge in [0, 0.05) is 11.5 Å². The molecule has 0 atom stereocenters.